The molecule has 0 spiro atoms. The molecule has 0 N–H and O–H groups in total. The van der Waals surface area contributed by atoms with E-state index in [1.807, 2.05) is 13.8 Å². The van der Waals surface area contributed by atoms with E-state index < -0.39 is 12.5 Å². The van der Waals surface area contributed by atoms with Gasteiger partial charge in [-0.2, -0.15) is 5.10 Å². The van der Waals surface area contributed by atoms with Gasteiger partial charge < -0.3 is 0 Å². The lowest BCUT2D eigenvalue weighted by Crippen LogP contribution is -2.18. The summed E-state index contributed by atoms with van der Waals surface area (Å²) in [7, 11) is 0. The van der Waals surface area contributed by atoms with Gasteiger partial charge in [-0.05, 0) is 6.92 Å². The number of aromatic nitrogens is 3. The van der Waals surface area contributed by atoms with Gasteiger partial charge in [0.1, 0.15) is 18.2 Å². The van der Waals surface area contributed by atoms with Crippen molar-refractivity contribution in [2.45, 2.75) is 39.2 Å². The smallest absolute Gasteiger partial charge is 0.241 e. The minimum absolute atomic E-state index is 0.115. The molecular weight excluding hydrogens is 176 g/mol. The number of alkyl halides is 2. The lowest BCUT2D eigenvalue weighted by molar-refractivity contribution is 0.0833. The normalized spacial score (nSPS) is 14.1. The third-order valence-electron chi connectivity index (χ3n) is 1.87. The summed E-state index contributed by atoms with van der Waals surface area (Å²) in [5.74, 6) is 0.719. The van der Waals surface area contributed by atoms with Gasteiger partial charge in [-0.1, -0.05) is 13.8 Å². The van der Waals surface area contributed by atoms with E-state index >= 15 is 0 Å². The average Bonchev–Trinajstić information content (AvgIpc) is 2.50. The summed E-state index contributed by atoms with van der Waals surface area (Å²) in [6.07, 6.45) is -1.09. The predicted molar refractivity (Wildman–Crippen MR) is 44.8 cm³/mol. The Kier molecular flexibility index (Phi) is 2.95. The van der Waals surface area contributed by atoms with E-state index in [-0.39, 0.29) is 5.92 Å². The molecule has 0 fully saturated rings. The van der Waals surface area contributed by atoms with Crippen LogP contribution in [0, 0.1) is 0 Å². The van der Waals surface area contributed by atoms with Crippen molar-refractivity contribution in [1.29, 1.82) is 0 Å². The van der Waals surface area contributed by atoms with Crippen LogP contribution in [0.2, 0.25) is 0 Å². The molecule has 13 heavy (non-hydrogen) atoms. The van der Waals surface area contributed by atoms with Crippen molar-refractivity contribution >= 4 is 0 Å². The third-order valence-corrected chi connectivity index (χ3v) is 1.87. The maximum atomic E-state index is 12.3. The van der Waals surface area contributed by atoms with Gasteiger partial charge in [0.15, 0.2) is 0 Å². The van der Waals surface area contributed by atoms with Crippen LogP contribution < -0.4 is 0 Å². The summed E-state index contributed by atoms with van der Waals surface area (Å²) in [6, 6.07) is -0.903. The molecule has 1 heterocycles. The van der Waals surface area contributed by atoms with Gasteiger partial charge in [0, 0.05) is 5.92 Å². The van der Waals surface area contributed by atoms with E-state index in [1.165, 1.54) is 17.9 Å². The molecule has 0 radical (unpaired) electrons. The second-order valence-corrected chi connectivity index (χ2v) is 3.29. The number of halogens is 2. The number of rotatable bonds is 3. The molecule has 1 aromatic heterocycles. The summed E-state index contributed by atoms with van der Waals surface area (Å²) in [6.45, 7) is 5.24. The van der Waals surface area contributed by atoms with E-state index in [0.717, 1.165) is 0 Å². The van der Waals surface area contributed by atoms with Crippen LogP contribution >= 0.6 is 0 Å². The highest BCUT2D eigenvalue weighted by Gasteiger charge is 2.21. The van der Waals surface area contributed by atoms with E-state index in [0.29, 0.717) is 5.82 Å². The fourth-order valence-electron chi connectivity index (χ4n) is 1.09. The summed E-state index contributed by atoms with van der Waals surface area (Å²) in [4.78, 5) is 3.94. The average molecular weight is 189 g/mol. The lowest BCUT2D eigenvalue weighted by Gasteiger charge is -2.14. The van der Waals surface area contributed by atoms with Gasteiger partial charge in [0.25, 0.3) is 6.43 Å². The van der Waals surface area contributed by atoms with Crippen molar-refractivity contribution < 1.29 is 8.78 Å². The zero-order chi connectivity index (χ0) is 10.0. The number of nitrogens with zero attached hydrogens (tertiary/aromatic N) is 3. The summed E-state index contributed by atoms with van der Waals surface area (Å²) >= 11 is 0. The van der Waals surface area contributed by atoms with Crippen molar-refractivity contribution in [3.63, 3.8) is 0 Å². The second-order valence-electron chi connectivity index (χ2n) is 3.29. The molecule has 0 aliphatic rings. The Hall–Kier alpha value is -1.00. The van der Waals surface area contributed by atoms with Gasteiger partial charge in [-0.15, -0.1) is 0 Å². The fraction of sp³-hybridized carbons (Fsp3) is 0.750. The van der Waals surface area contributed by atoms with Gasteiger partial charge in [0.2, 0.25) is 0 Å². The number of hydrogen-bond donors (Lipinski definition) is 0. The Morgan fingerprint density at radius 3 is 2.38 bits per heavy atom. The van der Waals surface area contributed by atoms with E-state index in [4.69, 9.17) is 0 Å². The molecule has 3 nitrogen and oxygen atoms in total. The molecular formula is C8H13F2N3. The van der Waals surface area contributed by atoms with Crippen LogP contribution in [0.15, 0.2) is 6.33 Å². The molecule has 0 aliphatic heterocycles. The molecule has 0 aliphatic carbocycles. The maximum absolute atomic E-state index is 12.3. The standard InChI is InChI=1S/C8H13F2N3/c1-5(2)8-11-4-12-13(8)6(3)7(9)10/h4-7H,1-3H3. The Bertz CT molecular complexity index is 270. The molecule has 5 heteroatoms. The highest BCUT2D eigenvalue weighted by molar-refractivity contribution is 4.93. The molecule has 0 saturated carbocycles. The maximum Gasteiger partial charge on any atom is 0.260 e. The van der Waals surface area contributed by atoms with Gasteiger partial charge in [-0.25, -0.2) is 18.4 Å². The van der Waals surface area contributed by atoms with E-state index in [1.54, 1.807) is 0 Å². The first-order valence-electron chi connectivity index (χ1n) is 4.21. The lowest BCUT2D eigenvalue weighted by atomic mass is 10.2. The molecule has 1 aromatic rings. The summed E-state index contributed by atoms with van der Waals surface area (Å²) < 4.78 is 26.0. The minimum Gasteiger partial charge on any atom is -0.241 e. The molecule has 1 rings (SSSR count). The fourth-order valence-corrected chi connectivity index (χ4v) is 1.09. The van der Waals surface area contributed by atoms with Gasteiger partial charge >= 0.3 is 0 Å². The Labute approximate surface area is 75.8 Å². The summed E-state index contributed by atoms with van der Waals surface area (Å²) in [5, 5.41) is 3.78. The monoisotopic (exact) mass is 189 g/mol. The molecule has 0 bridgehead atoms. The number of hydrogen-bond acceptors (Lipinski definition) is 2. The first kappa shape index (κ1) is 10.1. The van der Waals surface area contributed by atoms with Crippen LogP contribution in [-0.2, 0) is 0 Å². The first-order chi connectivity index (χ1) is 6.04. The zero-order valence-corrected chi connectivity index (χ0v) is 7.91. The highest BCUT2D eigenvalue weighted by Crippen LogP contribution is 2.19. The molecule has 1 unspecified atom stereocenters. The van der Waals surface area contributed by atoms with Crippen LogP contribution in [-0.4, -0.2) is 21.2 Å². The van der Waals surface area contributed by atoms with E-state index in [2.05, 4.69) is 10.1 Å². The van der Waals surface area contributed by atoms with Crippen LogP contribution in [0.3, 0.4) is 0 Å². The highest BCUT2D eigenvalue weighted by atomic mass is 19.3. The molecule has 0 amide bonds. The van der Waals surface area contributed by atoms with Crippen LogP contribution in [0.25, 0.3) is 0 Å². The zero-order valence-electron chi connectivity index (χ0n) is 7.91. The molecule has 74 valence electrons. The Morgan fingerprint density at radius 1 is 1.31 bits per heavy atom. The molecule has 1 atom stereocenters. The van der Waals surface area contributed by atoms with Crippen molar-refractivity contribution in [1.82, 2.24) is 14.8 Å². The van der Waals surface area contributed by atoms with Gasteiger partial charge in [0.05, 0.1) is 0 Å². The van der Waals surface area contributed by atoms with Crippen LogP contribution in [0.5, 0.6) is 0 Å². The molecule has 0 aromatic carbocycles. The van der Waals surface area contributed by atoms with Crippen LogP contribution in [0.4, 0.5) is 8.78 Å². The van der Waals surface area contributed by atoms with Crippen molar-refractivity contribution in [3.8, 4) is 0 Å². The Balaban J connectivity index is 2.93. The van der Waals surface area contributed by atoms with Crippen molar-refractivity contribution in [2.75, 3.05) is 0 Å². The van der Waals surface area contributed by atoms with Crippen molar-refractivity contribution in [2.24, 2.45) is 0 Å². The second kappa shape index (κ2) is 3.81. The quantitative estimate of drug-likeness (QED) is 0.730. The molecule has 0 saturated heterocycles. The minimum atomic E-state index is -2.40. The topological polar surface area (TPSA) is 30.7 Å². The van der Waals surface area contributed by atoms with Gasteiger partial charge in [-0.3, -0.25) is 0 Å². The van der Waals surface area contributed by atoms with Crippen LogP contribution in [0.1, 0.15) is 38.6 Å². The largest absolute Gasteiger partial charge is 0.260 e. The van der Waals surface area contributed by atoms with E-state index in [9.17, 15) is 8.78 Å². The SMILES string of the molecule is CC(C)c1ncnn1C(C)C(F)F. The first-order valence-corrected chi connectivity index (χ1v) is 4.21. The predicted octanol–water partition coefficient (Wildman–Crippen LogP) is 2.23. The van der Waals surface area contributed by atoms with Crippen molar-refractivity contribution in [3.05, 3.63) is 12.2 Å². The summed E-state index contributed by atoms with van der Waals surface area (Å²) in [5.41, 5.74) is 0. The third kappa shape index (κ3) is 2.02. The Morgan fingerprint density at radius 2 is 1.92 bits per heavy atom.